The third-order valence-electron chi connectivity index (χ3n) is 2.84. The molecular weight excluding hydrogens is 216 g/mol. The molecule has 1 aliphatic rings. The molecule has 0 aromatic rings. The van der Waals surface area contributed by atoms with Gasteiger partial charge in [-0.15, -0.1) is 0 Å². The van der Waals surface area contributed by atoms with E-state index in [1.807, 2.05) is 0 Å². The summed E-state index contributed by atoms with van der Waals surface area (Å²) in [4.78, 5) is 11.2. The van der Waals surface area contributed by atoms with Crippen LogP contribution in [-0.2, 0) is 14.3 Å². The van der Waals surface area contributed by atoms with Crippen LogP contribution < -0.4 is 0 Å². The second-order valence-corrected chi connectivity index (χ2v) is 4.44. The summed E-state index contributed by atoms with van der Waals surface area (Å²) in [6, 6.07) is 0. The van der Waals surface area contributed by atoms with E-state index in [1.54, 1.807) is 0 Å². The van der Waals surface area contributed by atoms with E-state index < -0.39 is 0 Å². The molecule has 0 aromatic carbocycles. The van der Waals surface area contributed by atoms with Crippen LogP contribution in [0.4, 0.5) is 0 Å². The summed E-state index contributed by atoms with van der Waals surface area (Å²) in [5, 5.41) is 0. The van der Waals surface area contributed by atoms with Crippen LogP contribution in [0.5, 0.6) is 0 Å². The van der Waals surface area contributed by atoms with Crippen LogP contribution in [0.3, 0.4) is 0 Å². The predicted molar refractivity (Wildman–Crippen MR) is 67.9 cm³/mol. The van der Waals surface area contributed by atoms with Gasteiger partial charge in [0.15, 0.2) is 0 Å². The van der Waals surface area contributed by atoms with Crippen LogP contribution in [-0.4, -0.2) is 25.8 Å². The third kappa shape index (κ3) is 8.93. The quantitative estimate of drug-likeness (QED) is 0.481. The van der Waals surface area contributed by atoms with Crippen molar-refractivity contribution in [3.8, 4) is 0 Å². The first-order valence-corrected chi connectivity index (χ1v) is 6.78. The first-order valence-electron chi connectivity index (χ1n) is 6.78. The van der Waals surface area contributed by atoms with Crippen molar-refractivity contribution in [2.24, 2.45) is 0 Å². The topological polar surface area (TPSA) is 35.5 Å². The van der Waals surface area contributed by atoms with E-state index in [0.29, 0.717) is 13.2 Å². The number of hydrogen-bond acceptors (Lipinski definition) is 3. The Morgan fingerprint density at radius 3 is 2.41 bits per heavy atom. The molecule has 0 amide bonds. The number of esters is 1. The molecule has 0 saturated carbocycles. The van der Waals surface area contributed by atoms with Crippen LogP contribution in [0.2, 0.25) is 0 Å². The molecule has 0 spiro atoms. The normalized spacial score (nSPS) is 22.0. The first-order chi connectivity index (χ1) is 8.39. The summed E-state index contributed by atoms with van der Waals surface area (Å²) in [7, 11) is 0. The zero-order valence-corrected chi connectivity index (χ0v) is 10.7. The summed E-state index contributed by atoms with van der Waals surface area (Å²) in [5.74, 6) is -0.235. The zero-order valence-electron chi connectivity index (χ0n) is 10.7. The van der Waals surface area contributed by atoms with Crippen molar-refractivity contribution in [1.82, 2.24) is 0 Å². The fourth-order valence-corrected chi connectivity index (χ4v) is 1.84. The van der Waals surface area contributed by atoms with Gasteiger partial charge in [0.25, 0.3) is 0 Å². The Kier molecular flexibility index (Phi) is 8.65. The predicted octanol–water partition coefficient (Wildman–Crippen LogP) is 3.24. The van der Waals surface area contributed by atoms with Gasteiger partial charge in [-0.2, -0.15) is 0 Å². The number of rotatable bonds is 0. The summed E-state index contributed by atoms with van der Waals surface area (Å²) in [6.45, 7) is 1.24. The molecule has 0 unspecified atom stereocenters. The molecule has 17 heavy (non-hydrogen) atoms. The van der Waals surface area contributed by atoms with Gasteiger partial charge in [0.05, 0.1) is 13.2 Å². The van der Waals surface area contributed by atoms with Gasteiger partial charge < -0.3 is 9.47 Å². The van der Waals surface area contributed by atoms with Crippen molar-refractivity contribution >= 4 is 5.97 Å². The standard InChI is InChI=1S/C14H24O3/c15-14-13-16-11-9-7-5-3-1-2-4-6-8-10-12-17-14/h5,7H,1-4,6,8-13H2. The van der Waals surface area contributed by atoms with Gasteiger partial charge >= 0.3 is 5.97 Å². The number of cyclic esters (lactones) is 1. The highest BCUT2D eigenvalue weighted by molar-refractivity contribution is 5.70. The Labute approximate surface area is 104 Å². The molecule has 1 aliphatic heterocycles. The maximum absolute atomic E-state index is 11.2. The van der Waals surface area contributed by atoms with Crippen molar-refractivity contribution in [1.29, 1.82) is 0 Å². The highest BCUT2D eigenvalue weighted by Gasteiger charge is 2.02. The minimum absolute atomic E-state index is 0.0911. The maximum atomic E-state index is 11.2. The molecule has 0 fully saturated rings. The van der Waals surface area contributed by atoms with Gasteiger partial charge in [-0.3, -0.25) is 0 Å². The molecule has 1 rings (SSSR count). The number of carbonyl (C=O) groups is 1. The molecule has 0 saturated heterocycles. The second kappa shape index (κ2) is 10.3. The minimum atomic E-state index is -0.235. The van der Waals surface area contributed by atoms with Crippen molar-refractivity contribution in [3.63, 3.8) is 0 Å². The summed E-state index contributed by atoms with van der Waals surface area (Å²) in [6.07, 6.45) is 13.7. The molecule has 3 heteroatoms. The van der Waals surface area contributed by atoms with Crippen LogP contribution in [0.1, 0.15) is 51.4 Å². The fourth-order valence-electron chi connectivity index (χ4n) is 1.84. The Morgan fingerprint density at radius 1 is 0.824 bits per heavy atom. The highest BCUT2D eigenvalue weighted by atomic mass is 16.6. The van der Waals surface area contributed by atoms with Gasteiger partial charge in [0.1, 0.15) is 6.61 Å². The lowest BCUT2D eigenvalue weighted by atomic mass is 10.1. The summed E-state index contributed by atoms with van der Waals surface area (Å²) in [5.41, 5.74) is 0. The molecule has 0 atom stereocenters. The van der Waals surface area contributed by atoms with Gasteiger partial charge in [0, 0.05) is 0 Å². The first kappa shape index (κ1) is 14.2. The molecule has 1 heterocycles. The van der Waals surface area contributed by atoms with Gasteiger partial charge in [-0.05, 0) is 25.7 Å². The summed E-state index contributed by atoms with van der Waals surface area (Å²) >= 11 is 0. The largest absolute Gasteiger partial charge is 0.464 e. The van der Waals surface area contributed by atoms with Gasteiger partial charge in [0.2, 0.25) is 0 Å². The number of carbonyl (C=O) groups excluding carboxylic acids is 1. The lowest BCUT2D eigenvalue weighted by molar-refractivity contribution is -0.149. The maximum Gasteiger partial charge on any atom is 0.332 e. The van der Waals surface area contributed by atoms with Gasteiger partial charge in [-0.1, -0.05) is 37.8 Å². The summed E-state index contributed by atoms with van der Waals surface area (Å²) < 4.78 is 10.3. The average Bonchev–Trinajstić information content (AvgIpc) is 2.32. The Balaban J connectivity index is 2.18. The number of hydrogen-bond donors (Lipinski definition) is 0. The van der Waals surface area contributed by atoms with Crippen LogP contribution in [0, 0.1) is 0 Å². The van der Waals surface area contributed by atoms with E-state index in [0.717, 1.165) is 19.3 Å². The molecular formula is C14H24O3. The van der Waals surface area contributed by atoms with Gasteiger partial charge in [-0.25, -0.2) is 4.79 Å². The Morgan fingerprint density at radius 2 is 1.53 bits per heavy atom. The monoisotopic (exact) mass is 240 g/mol. The average molecular weight is 240 g/mol. The van der Waals surface area contributed by atoms with E-state index in [2.05, 4.69) is 12.2 Å². The lowest BCUT2D eigenvalue weighted by Gasteiger charge is -2.06. The molecule has 98 valence electrons. The van der Waals surface area contributed by atoms with Crippen LogP contribution >= 0.6 is 0 Å². The van der Waals surface area contributed by atoms with Crippen molar-refractivity contribution in [2.75, 3.05) is 19.8 Å². The van der Waals surface area contributed by atoms with Crippen LogP contribution in [0.25, 0.3) is 0 Å². The second-order valence-electron chi connectivity index (χ2n) is 4.44. The number of ether oxygens (including phenoxy) is 2. The highest BCUT2D eigenvalue weighted by Crippen LogP contribution is 2.08. The Hall–Kier alpha value is -0.830. The number of allylic oxidation sites excluding steroid dienone is 1. The molecule has 0 aliphatic carbocycles. The molecule has 0 N–H and O–H groups in total. The van der Waals surface area contributed by atoms with E-state index in [4.69, 9.17) is 9.47 Å². The fraction of sp³-hybridized carbons (Fsp3) is 0.786. The SMILES string of the molecule is O=C1COCCC=CCCCCCCCCO1. The lowest BCUT2D eigenvalue weighted by Crippen LogP contribution is -2.13. The molecule has 3 nitrogen and oxygen atoms in total. The van der Waals surface area contributed by atoms with E-state index >= 15 is 0 Å². The molecule has 0 bridgehead atoms. The zero-order chi connectivity index (χ0) is 12.2. The van der Waals surface area contributed by atoms with E-state index in [-0.39, 0.29) is 12.6 Å². The Bertz CT molecular complexity index is 224. The van der Waals surface area contributed by atoms with E-state index in [1.165, 1.54) is 32.1 Å². The van der Waals surface area contributed by atoms with Crippen molar-refractivity contribution in [2.45, 2.75) is 51.4 Å². The van der Waals surface area contributed by atoms with Crippen molar-refractivity contribution < 1.29 is 14.3 Å². The van der Waals surface area contributed by atoms with E-state index in [9.17, 15) is 4.79 Å². The third-order valence-corrected chi connectivity index (χ3v) is 2.84. The smallest absolute Gasteiger partial charge is 0.332 e. The van der Waals surface area contributed by atoms with Crippen molar-refractivity contribution in [3.05, 3.63) is 12.2 Å². The molecule has 0 aromatic heterocycles. The minimum Gasteiger partial charge on any atom is -0.464 e. The molecule has 0 radical (unpaired) electrons. The van der Waals surface area contributed by atoms with Crippen LogP contribution in [0.15, 0.2) is 12.2 Å².